The summed E-state index contributed by atoms with van der Waals surface area (Å²) < 4.78 is 0. The van der Waals surface area contributed by atoms with Gasteiger partial charge < -0.3 is 10.6 Å². The van der Waals surface area contributed by atoms with E-state index >= 15 is 0 Å². The monoisotopic (exact) mass is 216 g/mol. The summed E-state index contributed by atoms with van der Waals surface area (Å²) in [6.07, 6.45) is 3.69. The summed E-state index contributed by atoms with van der Waals surface area (Å²) in [6, 6.07) is 0.505. The average molecular weight is 216 g/mol. The third kappa shape index (κ3) is 4.00. The lowest BCUT2D eigenvalue weighted by molar-refractivity contribution is -0.119. The van der Waals surface area contributed by atoms with Crippen molar-refractivity contribution in [1.29, 1.82) is 0 Å². The maximum Gasteiger partial charge on any atom is 0.276 e. The Kier molecular flexibility index (Phi) is 4.25. The highest BCUT2D eigenvalue weighted by atomic mass is 32.1. The predicted molar refractivity (Wildman–Crippen MR) is 57.4 cm³/mol. The Hall–Kier alpha value is -0.710. The van der Waals surface area contributed by atoms with E-state index in [9.17, 15) is 9.59 Å². The molecule has 0 radical (unpaired) electrons. The molecule has 0 aromatic rings. The highest BCUT2D eigenvalue weighted by molar-refractivity contribution is 7.96. The summed E-state index contributed by atoms with van der Waals surface area (Å²) >= 11 is 3.67. The van der Waals surface area contributed by atoms with Gasteiger partial charge in [0.15, 0.2) is 0 Å². The Bertz CT molecular complexity index is 201. The first-order valence-corrected chi connectivity index (χ1v) is 5.29. The van der Waals surface area contributed by atoms with Crippen LogP contribution in [-0.2, 0) is 4.79 Å². The molecular formula is C9H16N2O2S. The number of rotatable bonds is 2. The summed E-state index contributed by atoms with van der Waals surface area (Å²) in [5.74, 6) is 0.0201. The SMILES string of the molecule is CC(=O)NC1CCC(NC(=O)S)CC1. The highest BCUT2D eigenvalue weighted by Gasteiger charge is 2.21. The summed E-state index contributed by atoms with van der Waals surface area (Å²) in [5.41, 5.74) is 0. The van der Waals surface area contributed by atoms with Crippen molar-refractivity contribution in [2.24, 2.45) is 0 Å². The first-order chi connectivity index (χ1) is 6.58. The maximum absolute atomic E-state index is 10.8. The van der Waals surface area contributed by atoms with Gasteiger partial charge in [0.2, 0.25) is 5.91 Å². The minimum atomic E-state index is -0.270. The Labute approximate surface area is 89.2 Å². The minimum Gasteiger partial charge on any atom is -0.354 e. The quantitative estimate of drug-likeness (QED) is 0.605. The van der Waals surface area contributed by atoms with Gasteiger partial charge in [0, 0.05) is 19.0 Å². The maximum atomic E-state index is 10.8. The van der Waals surface area contributed by atoms with Gasteiger partial charge in [-0.2, -0.15) is 0 Å². The molecule has 0 saturated heterocycles. The molecule has 0 heterocycles. The average Bonchev–Trinajstić information content (AvgIpc) is 2.06. The van der Waals surface area contributed by atoms with Gasteiger partial charge >= 0.3 is 0 Å². The second kappa shape index (κ2) is 5.24. The second-order valence-electron chi connectivity index (χ2n) is 3.70. The van der Waals surface area contributed by atoms with Crippen LogP contribution in [0, 0.1) is 0 Å². The molecule has 0 aromatic heterocycles. The molecule has 0 aliphatic heterocycles. The zero-order valence-electron chi connectivity index (χ0n) is 8.25. The molecule has 0 aromatic carbocycles. The number of amides is 2. The van der Waals surface area contributed by atoms with E-state index in [0.717, 1.165) is 25.7 Å². The van der Waals surface area contributed by atoms with Crippen LogP contribution >= 0.6 is 12.6 Å². The first kappa shape index (κ1) is 11.4. The Morgan fingerprint density at radius 2 is 1.50 bits per heavy atom. The fourth-order valence-corrected chi connectivity index (χ4v) is 2.03. The molecule has 1 rings (SSSR count). The van der Waals surface area contributed by atoms with E-state index in [0.29, 0.717) is 0 Å². The van der Waals surface area contributed by atoms with Gasteiger partial charge in [0.05, 0.1) is 0 Å². The van der Waals surface area contributed by atoms with Crippen molar-refractivity contribution in [3.8, 4) is 0 Å². The Balaban J connectivity index is 2.24. The molecule has 5 heteroatoms. The number of nitrogens with one attached hydrogen (secondary N) is 2. The molecule has 14 heavy (non-hydrogen) atoms. The van der Waals surface area contributed by atoms with E-state index in [-0.39, 0.29) is 23.2 Å². The molecule has 1 saturated carbocycles. The van der Waals surface area contributed by atoms with Crippen molar-refractivity contribution in [3.05, 3.63) is 0 Å². The lowest BCUT2D eigenvalue weighted by Gasteiger charge is -2.28. The van der Waals surface area contributed by atoms with Crippen molar-refractivity contribution in [3.63, 3.8) is 0 Å². The molecule has 0 spiro atoms. The van der Waals surface area contributed by atoms with E-state index in [1.165, 1.54) is 6.92 Å². The summed E-state index contributed by atoms with van der Waals surface area (Å²) in [4.78, 5) is 21.4. The van der Waals surface area contributed by atoms with Gasteiger partial charge in [-0.15, -0.1) is 0 Å². The van der Waals surface area contributed by atoms with Crippen LogP contribution in [0.1, 0.15) is 32.6 Å². The first-order valence-electron chi connectivity index (χ1n) is 4.84. The molecule has 1 aliphatic rings. The zero-order valence-corrected chi connectivity index (χ0v) is 9.14. The van der Waals surface area contributed by atoms with Crippen LogP contribution in [0.5, 0.6) is 0 Å². The molecule has 4 nitrogen and oxygen atoms in total. The molecule has 0 atom stereocenters. The van der Waals surface area contributed by atoms with Crippen molar-refractivity contribution in [1.82, 2.24) is 10.6 Å². The molecule has 2 N–H and O–H groups in total. The summed E-state index contributed by atoms with van der Waals surface area (Å²) in [5, 5.41) is 5.38. The van der Waals surface area contributed by atoms with Crippen LogP contribution in [0.3, 0.4) is 0 Å². The second-order valence-corrected chi connectivity index (χ2v) is 4.10. The number of carbonyl (C=O) groups excluding carboxylic acids is 2. The van der Waals surface area contributed by atoms with Crippen LogP contribution in [0.4, 0.5) is 4.79 Å². The standard InChI is InChI=1S/C9H16N2O2S/c1-6(12)10-7-2-4-8(5-3-7)11-9(13)14/h7-8H,2-5H2,1H3,(H,10,12)(H2,11,13,14). The van der Waals surface area contributed by atoms with Crippen molar-refractivity contribution in [2.45, 2.75) is 44.7 Å². The molecular weight excluding hydrogens is 200 g/mol. The van der Waals surface area contributed by atoms with Crippen LogP contribution in [-0.4, -0.2) is 23.2 Å². The smallest absolute Gasteiger partial charge is 0.276 e. The van der Waals surface area contributed by atoms with Crippen molar-refractivity contribution >= 4 is 23.8 Å². The third-order valence-corrected chi connectivity index (χ3v) is 2.59. The molecule has 0 unspecified atom stereocenters. The number of thiol groups is 1. The van der Waals surface area contributed by atoms with Gasteiger partial charge in [-0.3, -0.25) is 9.59 Å². The van der Waals surface area contributed by atoms with Gasteiger partial charge in [-0.1, -0.05) is 12.6 Å². The molecule has 2 amide bonds. The number of hydrogen-bond acceptors (Lipinski definition) is 2. The van der Waals surface area contributed by atoms with E-state index in [1.807, 2.05) is 0 Å². The van der Waals surface area contributed by atoms with Crippen LogP contribution < -0.4 is 10.6 Å². The lowest BCUT2D eigenvalue weighted by atomic mass is 9.91. The minimum absolute atomic E-state index is 0.0201. The molecule has 1 aliphatic carbocycles. The Morgan fingerprint density at radius 1 is 1.07 bits per heavy atom. The van der Waals surface area contributed by atoms with E-state index < -0.39 is 0 Å². The molecule has 0 bridgehead atoms. The predicted octanol–water partition coefficient (Wildman–Crippen LogP) is 1.07. The van der Waals surface area contributed by atoms with Crippen molar-refractivity contribution < 1.29 is 9.59 Å². The number of hydrogen-bond donors (Lipinski definition) is 3. The van der Waals surface area contributed by atoms with Crippen LogP contribution in [0.2, 0.25) is 0 Å². The number of carbonyl (C=O) groups is 2. The fraction of sp³-hybridized carbons (Fsp3) is 0.778. The Morgan fingerprint density at radius 3 is 1.86 bits per heavy atom. The zero-order chi connectivity index (χ0) is 10.6. The van der Waals surface area contributed by atoms with Gasteiger partial charge in [0.25, 0.3) is 5.24 Å². The van der Waals surface area contributed by atoms with E-state index in [1.54, 1.807) is 0 Å². The van der Waals surface area contributed by atoms with Crippen LogP contribution in [0.25, 0.3) is 0 Å². The third-order valence-electron chi connectivity index (χ3n) is 2.46. The molecule has 1 fully saturated rings. The van der Waals surface area contributed by atoms with Crippen molar-refractivity contribution in [2.75, 3.05) is 0 Å². The lowest BCUT2D eigenvalue weighted by Crippen LogP contribution is -2.42. The van der Waals surface area contributed by atoms with Gasteiger partial charge in [-0.25, -0.2) is 0 Å². The van der Waals surface area contributed by atoms with E-state index in [2.05, 4.69) is 23.3 Å². The van der Waals surface area contributed by atoms with E-state index in [4.69, 9.17) is 0 Å². The van der Waals surface area contributed by atoms with Crippen LogP contribution in [0.15, 0.2) is 0 Å². The van der Waals surface area contributed by atoms with Gasteiger partial charge in [-0.05, 0) is 25.7 Å². The molecule has 80 valence electrons. The summed E-state index contributed by atoms with van der Waals surface area (Å²) in [7, 11) is 0. The largest absolute Gasteiger partial charge is 0.354 e. The topological polar surface area (TPSA) is 58.2 Å². The summed E-state index contributed by atoms with van der Waals surface area (Å²) in [6.45, 7) is 1.53. The highest BCUT2D eigenvalue weighted by Crippen LogP contribution is 2.18. The normalized spacial score (nSPS) is 26.7. The van der Waals surface area contributed by atoms with Gasteiger partial charge in [0.1, 0.15) is 0 Å². The fourth-order valence-electron chi connectivity index (χ4n) is 1.84.